The van der Waals surface area contributed by atoms with Gasteiger partial charge in [0, 0.05) is 26.0 Å². The van der Waals surface area contributed by atoms with Crippen molar-refractivity contribution >= 4 is 11.6 Å². The zero-order valence-electron chi connectivity index (χ0n) is 10.7. The highest BCUT2D eigenvalue weighted by molar-refractivity contribution is 5.73. The molecule has 0 radical (unpaired) electrons. The summed E-state index contributed by atoms with van der Waals surface area (Å²) >= 11 is 0. The normalized spacial score (nSPS) is 18.1. The summed E-state index contributed by atoms with van der Waals surface area (Å²) < 4.78 is 18.9. The van der Waals surface area contributed by atoms with Crippen LogP contribution >= 0.6 is 0 Å². The second-order valence-electron chi connectivity index (χ2n) is 4.49. The van der Waals surface area contributed by atoms with E-state index in [1.54, 1.807) is 0 Å². The molecule has 1 aliphatic rings. The van der Waals surface area contributed by atoms with Crippen molar-refractivity contribution in [2.45, 2.75) is 19.4 Å². The molecular weight excluding hydrogens is 271 g/mol. The van der Waals surface area contributed by atoms with Gasteiger partial charge in [0.2, 0.25) is 17.4 Å². The molecule has 1 saturated heterocycles. The van der Waals surface area contributed by atoms with Gasteiger partial charge >= 0.3 is 5.69 Å². The monoisotopic (exact) mass is 284 g/mol. The number of nitrogens with zero attached hydrogens (tertiary/aromatic N) is 2. The molecule has 0 bridgehead atoms. The Labute approximate surface area is 113 Å². The Balaban J connectivity index is 2.20. The maximum absolute atomic E-state index is 13.6. The van der Waals surface area contributed by atoms with Gasteiger partial charge in [-0.25, -0.2) is 4.39 Å². The number of phenols is 1. The second kappa shape index (κ2) is 5.32. The molecular formula is C12H13FN2O5. The molecule has 0 spiro atoms. The van der Waals surface area contributed by atoms with E-state index in [9.17, 15) is 24.4 Å². The zero-order chi connectivity index (χ0) is 14.9. The molecule has 1 amide bonds. The molecule has 1 aliphatic heterocycles. The summed E-state index contributed by atoms with van der Waals surface area (Å²) in [5, 5.41) is 20.4. The number of hydrogen-bond donors (Lipinski definition) is 1. The van der Waals surface area contributed by atoms with Crippen molar-refractivity contribution in [3.63, 3.8) is 0 Å². The minimum Gasteiger partial charge on any atom is -0.499 e. The molecule has 8 heteroatoms. The number of nitro benzene ring substituents is 1. The first kappa shape index (κ1) is 14.0. The standard InChI is InChI=1S/C12H13FN2O5/c1-7(16)14-5-4-8(6-14)20-12-9(13)2-3-10(11(12)17)15(18)19/h2-3,8,17H,4-6H2,1H3. The number of ether oxygens (including phenoxy) is 1. The first-order valence-electron chi connectivity index (χ1n) is 5.98. The van der Waals surface area contributed by atoms with Crippen LogP contribution in [0, 0.1) is 15.9 Å². The van der Waals surface area contributed by atoms with Crippen molar-refractivity contribution in [1.82, 2.24) is 4.90 Å². The molecule has 1 aromatic rings. The summed E-state index contributed by atoms with van der Waals surface area (Å²) in [6.45, 7) is 2.14. The van der Waals surface area contributed by atoms with Crippen LogP contribution in [0.1, 0.15) is 13.3 Å². The van der Waals surface area contributed by atoms with Crippen molar-refractivity contribution in [1.29, 1.82) is 0 Å². The Kier molecular flexibility index (Phi) is 3.73. The number of carbonyl (C=O) groups is 1. The van der Waals surface area contributed by atoms with E-state index in [1.807, 2.05) is 0 Å². The van der Waals surface area contributed by atoms with Crippen LogP contribution < -0.4 is 4.74 Å². The minimum atomic E-state index is -0.880. The molecule has 1 aromatic carbocycles. The highest BCUT2D eigenvalue weighted by Gasteiger charge is 2.29. The Bertz CT molecular complexity index is 563. The SMILES string of the molecule is CC(=O)N1CCC(Oc2c(F)ccc([N+](=O)[O-])c2O)C1. The van der Waals surface area contributed by atoms with Crippen molar-refractivity contribution < 1.29 is 24.0 Å². The number of benzene rings is 1. The molecule has 1 unspecified atom stereocenters. The van der Waals surface area contributed by atoms with Gasteiger partial charge < -0.3 is 14.7 Å². The van der Waals surface area contributed by atoms with Crippen LogP contribution in [-0.2, 0) is 4.79 Å². The smallest absolute Gasteiger partial charge is 0.314 e. The van der Waals surface area contributed by atoms with Gasteiger partial charge in [-0.05, 0) is 6.07 Å². The molecule has 108 valence electrons. The first-order valence-corrected chi connectivity index (χ1v) is 5.98. The molecule has 7 nitrogen and oxygen atoms in total. The lowest BCUT2D eigenvalue weighted by Gasteiger charge is -2.16. The topological polar surface area (TPSA) is 92.9 Å². The van der Waals surface area contributed by atoms with E-state index < -0.39 is 34.0 Å². The van der Waals surface area contributed by atoms with Gasteiger partial charge in [-0.2, -0.15) is 0 Å². The average Bonchev–Trinajstić information content (AvgIpc) is 2.82. The lowest BCUT2D eigenvalue weighted by atomic mass is 10.2. The summed E-state index contributed by atoms with van der Waals surface area (Å²) in [6.07, 6.45) is -0.0254. The Morgan fingerprint density at radius 1 is 1.60 bits per heavy atom. The molecule has 20 heavy (non-hydrogen) atoms. The summed E-state index contributed by atoms with van der Waals surface area (Å²) in [7, 11) is 0. The van der Waals surface area contributed by atoms with Gasteiger partial charge in [0.1, 0.15) is 6.10 Å². The largest absolute Gasteiger partial charge is 0.499 e. The van der Waals surface area contributed by atoms with E-state index in [2.05, 4.69) is 0 Å². The third-order valence-corrected chi connectivity index (χ3v) is 3.13. The fourth-order valence-corrected chi connectivity index (χ4v) is 2.07. The predicted octanol–water partition coefficient (Wildman–Crippen LogP) is 1.44. The van der Waals surface area contributed by atoms with E-state index in [1.165, 1.54) is 11.8 Å². The van der Waals surface area contributed by atoms with Crippen LogP contribution in [0.4, 0.5) is 10.1 Å². The number of likely N-dealkylation sites (tertiary alicyclic amines) is 1. The minimum absolute atomic E-state index is 0.125. The lowest BCUT2D eigenvalue weighted by Crippen LogP contribution is -2.28. The van der Waals surface area contributed by atoms with Gasteiger partial charge in [0.15, 0.2) is 5.82 Å². The first-order chi connectivity index (χ1) is 9.40. The van der Waals surface area contributed by atoms with Crippen molar-refractivity contribution in [2.24, 2.45) is 0 Å². The summed E-state index contributed by atoms with van der Waals surface area (Å²) in [5.41, 5.74) is -0.622. The Morgan fingerprint density at radius 2 is 2.30 bits per heavy atom. The van der Waals surface area contributed by atoms with E-state index in [4.69, 9.17) is 4.74 Å². The fourth-order valence-electron chi connectivity index (χ4n) is 2.07. The zero-order valence-corrected chi connectivity index (χ0v) is 10.7. The van der Waals surface area contributed by atoms with E-state index in [-0.39, 0.29) is 12.5 Å². The number of aromatic hydroxyl groups is 1. The molecule has 2 rings (SSSR count). The second-order valence-corrected chi connectivity index (χ2v) is 4.49. The third kappa shape index (κ3) is 2.63. The summed E-state index contributed by atoms with van der Waals surface area (Å²) in [5.74, 6) is -2.39. The lowest BCUT2D eigenvalue weighted by molar-refractivity contribution is -0.386. The molecule has 1 heterocycles. The number of phenolic OH excluding ortho intramolecular Hbond substituents is 1. The average molecular weight is 284 g/mol. The van der Waals surface area contributed by atoms with Crippen LogP contribution in [0.2, 0.25) is 0 Å². The van der Waals surface area contributed by atoms with E-state index in [0.717, 1.165) is 12.1 Å². The molecule has 1 N–H and O–H groups in total. The highest BCUT2D eigenvalue weighted by atomic mass is 19.1. The highest BCUT2D eigenvalue weighted by Crippen LogP contribution is 2.38. The van der Waals surface area contributed by atoms with Crippen LogP contribution in [-0.4, -0.2) is 40.0 Å². The van der Waals surface area contributed by atoms with Crippen LogP contribution in [0.15, 0.2) is 12.1 Å². The molecule has 0 saturated carbocycles. The van der Waals surface area contributed by atoms with Crippen LogP contribution in [0.25, 0.3) is 0 Å². The maximum atomic E-state index is 13.6. The number of nitro groups is 1. The van der Waals surface area contributed by atoms with Gasteiger partial charge in [-0.15, -0.1) is 0 Å². The molecule has 1 atom stereocenters. The molecule has 0 aliphatic carbocycles. The summed E-state index contributed by atoms with van der Waals surface area (Å²) in [4.78, 5) is 22.6. The van der Waals surface area contributed by atoms with Gasteiger partial charge in [0.05, 0.1) is 11.5 Å². The quantitative estimate of drug-likeness (QED) is 0.669. The predicted molar refractivity (Wildman–Crippen MR) is 66.0 cm³/mol. The Morgan fingerprint density at radius 3 is 2.85 bits per heavy atom. The van der Waals surface area contributed by atoms with Crippen molar-refractivity contribution in [3.8, 4) is 11.5 Å². The number of carbonyl (C=O) groups excluding carboxylic acids is 1. The molecule has 0 aromatic heterocycles. The van der Waals surface area contributed by atoms with Crippen LogP contribution in [0.5, 0.6) is 11.5 Å². The van der Waals surface area contributed by atoms with Gasteiger partial charge in [-0.3, -0.25) is 14.9 Å². The van der Waals surface area contributed by atoms with E-state index in [0.29, 0.717) is 13.0 Å². The number of rotatable bonds is 3. The number of amides is 1. The number of hydrogen-bond acceptors (Lipinski definition) is 5. The fraction of sp³-hybridized carbons (Fsp3) is 0.417. The number of halogens is 1. The van der Waals surface area contributed by atoms with Gasteiger partial charge in [0.25, 0.3) is 0 Å². The third-order valence-electron chi connectivity index (χ3n) is 3.13. The van der Waals surface area contributed by atoms with Gasteiger partial charge in [-0.1, -0.05) is 0 Å². The van der Waals surface area contributed by atoms with Crippen molar-refractivity contribution in [2.75, 3.05) is 13.1 Å². The van der Waals surface area contributed by atoms with Crippen LogP contribution in [0.3, 0.4) is 0 Å². The Hall–Kier alpha value is -2.38. The summed E-state index contributed by atoms with van der Waals surface area (Å²) in [6, 6.07) is 1.74. The van der Waals surface area contributed by atoms with Crippen molar-refractivity contribution in [3.05, 3.63) is 28.1 Å². The maximum Gasteiger partial charge on any atom is 0.314 e. The van der Waals surface area contributed by atoms with E-state index >= 15 is 0 Å². The molecule has 1 fully saturated rings.